The van der Waals surface area contributed by atoms with Gasteiger partial charge >= 0.3 is 45.5 Å². The van der Waals surface area contributed by atoms with Crippen LogP contribution in [0.5, 0.6) is 5.75 Å². The lowest BCUT2D eigenvalue weighted by Gasteiger charge is -2.32. The minimum absolute atomic E-state index is 0.659. The molecule has 0 amide bonds. The van der Waals surface area contributed by atoms with E-state index in [1.807, 2.05) is 0 Å². The van der Waals surface area contributed by atoms with Crippen molar-refractivity contribution in [2.24, 2.45) is 0 Å². The van der Waals surface area contributed by atoms with E-state index in [0.717, 1.165) is 24.3 Å². The van der Waals surface area contributed by atoms with Gasteiger partial charge < -0.3 is 14.2 Å². The maximum atomic E-state index is 13.7. The van der Waals surface area contributed by atoms with Crippen molar-refractivity contribution < 1.29 is 71.9 Å². The third-order valence-corrected chi connectivity index (χ3v) is 4.46. The van der Waals surface area contributed by atoms with E-state index >= 15 is 0 Å². The molecular formula is C16H12F8O8S. The molecule has 0 aromatic heterocycles. The maximum Gasteiger partial charge on any atom is 0.468 e. The van der Waals surface area contributed by atoms with Gasteiger partial charge in [0.2, 0.25) is 0 Å². The molecule has 0 saturated heterocycles. The molecule has 8 nitrogen and oxygen atoms in total. The lowest BCUT2D eigenvalue weighted by Crippen LogP contribution is -2.59. The zero-order valence-corrected chi connectivity index (χ0v) is 16.6. The van der Waals surface area contributed by atoms with Crippen molar-refractivity contribution in [3.63, 3.8) is 0 Å². The Kier molecular flexibility index (Phi) is 8.22. The first kappa shape index (κ1) is 28.2. The molecule has 0 aliphatic carbocycles. The van der Waals surface area contributed by atoms with Crippen molar-refractivity contribution in [3.05, 3.63) is 42.5 Å². The molecule has 0 fully saturated rings. The van der Waals surface area contributed by atoms with Crippen molar-refractivity contribution in [2.75, 3.05) is 6.61 Å². The predicted octanol–water partition coefficient (Wildman–Crippen LogP) is 3.40. The molecule has 0 bridgehead atoms. The van der Waals surface area contributed by atoms with Gasteiger partial charge in [-0.25, -0.2) is 9.59 Å². The summed E-state index contributed by atoms with van der Waals surface area (Å²) in [5, 5.41) is -5.10. The van der Waals surface area contributed by atoms with E-state index in [2.05, 4.69) is 20.8 Å². The van der Waals surface area contributed by atoms with Gasteiger partial charge in [-0.05, 0) is 12.1 Å². The second-order valence-electron chi connectivity index (χ2n) is 5.89. The van der Waals surface area contributed by atoms with Gasteiger partial charge in [0.1, 0.15) is 11.3 Å². The Morgan fingerprint density at radius 2 is 1.48 bits per heavy atom. The van der Waals surface area contributed by atoms with Gasteiger partial charge in [0.25, 0.3) is 0 Å². The Hall–Kier alpha value is -2.79. The number of halogens is 8. The normalized spacial score (nSPS) is 14.8. The van der Waals surface area contributed by atoms with Crippen LogP contribution in [0.3, 0.4) is 0 Å². The van der Waals surface area contributed by atoms with Crippen LogP contribution in [0, 0.1) is 0 Å². The van der Waals surface area contributed by atoms with Crippen molar-refractivity contribution in [1.29, 1.82) is 0 Å². The lowest BCUT2D eigenvalue weighted by molar-refractivity contribution is -0.353. The number of hydrogen-bond donors (Lipinski definition) is 1. The number of carbonyl (C=O) groups excluding carboxylic acids is 2. The number of hydrogen-bond acceptors (Lipinski definition) is 7. The van der Waals surface area contributed by atoms with E-state index in [1.165, 1.54) is 6.07 Å². The monoisotopic (exact) mass is 516 g/mol. The highest BCUT2D eigenvalue weighted by atomic mass is 32.2. The topological polar surface area (TPSA) is 116 Å². The molecule has 1 unspecified atom stereocenters. The molecule has 1 aromatic carbocycles. The molecule has 186 valence electrons. The highest BCUT2D eigenvalue weighted by molar-refractivity contribution is 7.86. The standard InChI is InChI=1S/C16H12F8O8S/c1-9(15(19,20)21)11(25)32-14(16(22,23)24,12(26)31-10-5-3-2-4-6-10)30-8-7-13(17,18)33(27,28)29/h2-6H,1,7-8H2,(H,27,28,29). The van der Waals surface area contributed by atoms with Crippen molar-refractivity contribution in [3.8, 4) is 5.75 Å². The van der Waals surface area contributed by atoms with E-state index in [9.17, 15) is 53.1 Å². The molecule has 0 aliphatic heterocycles. The van der Waals surface area contributed by atoms with Crippen LogP contribution >= 0.6 is 0 Å². The molecule has 1 aromatic rings. The quantitative estimate of drug-likeness (QED) is 0.133. The fraction of sp³-hybridized carbons (Fsp3) is 0.375. The average molecular weight is 516 g/mol. The van der Waals surface area contributed by atoms with E-state index in [4.69, 9.17) is 4.55 Å². The summed E-state index contributed by atoms with van der Waals surface area (Å²) in [4.78, 5) is 23.8. The third kappa shape index (κ3) is 6.84. The first-order valence-corrected chi connectivity index (χ1v) is 9.51. The van der Waals surface area contributed by atoms with Crippen LogP contribution in [-0.4, -0.2) is 54.9 Å². The average Bonchev–Trinajstić information content (AvgIpc) is 2.64. The molecule has 1 rings (SSSR count). The van der Waals surface area contributed by atoms with E-state index < -0.39 is 69.8 Å². The number of ether oxygens (including phenoxy) is 3. The molecular weight excluding hydrogens is 504 g/mol. The maximum absolute atomic E-state index is 13.7. The van der Waals surface area contributed by atoms with Crippen LogP contribution in [0.4, 0.5) is 35.1 Å². The molecule has 0 heterocycles. The Balaban J connectivity index is 3.41. The Morgan fingerprint density at radius 3 is 1.91 bits per heavy atom. The van der Waals surface area contributed by atoms with Crippen LogP contribution in [-0.2, 0) is 29.2 Å². The van der Waals surface area contributed by atoms with Gasteiger partial charge in [0, 0.05) is 0 Å². The van der Waals surface area contributed by atoms with Gasteiger partial charge in [-0.1, -0.05) is 24.8 Å². The minimum Gasteiger partial charge on any atom is -0.421 e. The van der Waals surface area contributed by atoms with E-state index in [0.29, 0.717) is 0 Å². The molecule has 17 heteroatoms. The molecule has 0 saturated carbocycles. The highest BCUT2D eigenvalue weighted by Crippen LogP contribution is 2.39. The SMILES string of the molecule is C=C(C(=O)OC(OCCC(F)(F)S(=O)(=O)O)(C(=O)Oc1ccccc1)C(F)(F)F)C(F)(F)F. The number of rotatable bonds is 9. The summed E-state index contributed by atoms with van der Waals surface area (Å²) < 4.78 is 147. The summed E-state index contributed by atoms with van der Waals surface area (Å²) in [6.07, 6.45) is -14.1. The van der Waals surface area contributed by atoms with Gasteiger partial charge in [0.05, 0.1) is 13.0 Å². The molecule has 33 heavy (non-hydrogen) atoms. The fourth-order valence-electron chi connectivity index (χ4n) is 1.80. The summed E-state index contributed by atoms with van der Waals surface area (Å²) in [5.74, 6) is -11.3. The Morgan fingerprint density at radius 1 is 0.970 bits per heavy atom. The van der Waals surface area contributed by atoms with Crippen molar-refractivity contribution >= 4 is 22.1 Å². The number of para-hydroxylation sites is 1. The Labute approximate surface area is 179 Å². The summed E-state index contributed by atoms with van der Waals surface area (Å²) >= 11 is 0. The van der Waals surface area contributed by atoms with E-state index in [1.54, 1.807) is 0 Å². The summed E-state index contributed by atoms with van der Waals surface area (Å²) in [6.45, 7) is 0.0990. The lowest BCUT2D eigenvalue weighted by atomic mass is 10.2. The number of alkyl halides is 8. The van der Waals surface area contributed by atoms with Crippen LogP contribution in [0.15, 0.2) is 42.5 Å². The van der Waals surface area contributed by atoms with Crippen LogP contribution in [0.2, 0.25) is 0 Å². The van der Waals surface area contributed by atoms with Crippen LogP contribution < -0.4 is 4.74 Å². The molecule has 0 radical (unpaired) electrons. The van der Waals surface area contributed by atoms with Crippen molar-refractivity contribution in [2.45, 2.75) is 29.8 Å². The summed E-state index contributed by atoms with van der Waals surface area (Å²) in [6, 6.07) is 5.38. The van der Waals surface area contributed by atoms with Crippen molar-refractivity contribution in [1.82, 2.24) is 0 Å². The Bertz CT molecular complexity index is 988. The van der Waals surface area contributed by atoms with Gasteiger partial charge in [-0.15, -0.1) is 0 Å². The van der Waals surface area contributed by atoms with E-state index in [-0.39, 0.29) is 0 Å². The summed E-state index contributed by atoms with van der Waals surface area (Å²) in [7, 11) is -6.16. The molecule has 1 N–H and O–H groups in total. The largest absolute Gasteiger partial charge is 0.468 e. The first-order chi connectivity index (χ1) is 14.7. The zero-order chi connectivity index (χ0) is 25.9. The minimum atomic E-state index is -6.24. The first-order valence-electron chi connectivity index (χ1n) is 8.07. The second-order valence-corrected chi connectivity index (χ2v) is 7.44. The zero-order valence-electron chi connectivity index (χ0n) is 15.7. The number of esters is 2. The number of carbonyl (C=O) groups is 2. The van der Waals surface area contributed by atoms with Gasteiger partial charge in [0.15, 0.2) is 0 Å². The van der Waals surface area contributed by atoms with Crippen LogP contribution in [0.1, 0.15) is 6.42 Å². The highest BCUT2D eigenvalue weighted by Gasteiger charge is 2.69. The molecule has 1 atom stereocenters. The smallest absolute Gasteiger partial charge is 0.421 e. The van der Waals surface area contributed by atoms with Crippen LogP contribution in [0.25, 0.3) is 0 Å². The summed E-state index contributed by atoms with van der Waals surface area (Å²) in [5.41, 5.74) is -2.53. The van der Waals surface area contributed by atoms with Gasteiger partial charge in [-0.3, -0.25) is 4.55 Å². The van der Waals surface area contributed by atoms with Gasteiger partial charge in [-0.2, -0.15) is 43.5 Å². The second kappa shape index (κ2) is 9.60. The molecule has 0 aliphatic rings. The third-order valence-electron chi connectivity index (χ3n) is 3.50. The fourth-order valence-corrected chi connectivity index (χ4v) is 2.14. The molecule has 0 spiro atoms. The predicted molar refractivity (Wildman–Crippen MR) is 89.2 cm³/mol. The number of benzene rings is 1.